The zero-order valence-corrected chi connectivity index (χ0v) is 25.1. The molecule has 0 aliphatic heterocycles. The van der Waals surface area contributed by atoms with E-state index in [-0.39, 0.29) is 28.6 Å². The van der Waals surface area contributed by atoms with E-state index in [1.165, 1.54) is 24.9 Å². The first kappa shape index (κ1) is 30.1. The number of hydrogen-bond donors (Lipinski definition) is 1. The molecule has 3 aromatic heterocycles. The molecule has 0 amide bonds. The van der Waals surface area contributed by atoms with Crippen molar-refractivity contribution in [2.45, 2.75) is 6.54 Å². The summed E-state index contributed by atoms with van der Waals surface area (Å²) in [6.45, 7) is 0.794. The van der Waals surface area contributed by atoms with Crippen LogP contribution in [0, 0.1) is 10.1 Å². The topological polar surface area (TPSA) is 147 Å². The molecule has 0 fully saturated rings. The van der Waals surface area contributed by atoms with Crippen molar-refractivity contribution in [3.8, 4) is 0 Å². The standard InChI is InChI=1S/C24H23BrClN9O3.BrH/c1-33-14-30-24(34(37)38)20(33)12-35(2,3)8-4-5-22(36)32-21-10-16-19(11-27-21)28-13-29-23(16)31-15-6-7-18(26)17(25)9-15;/h4-7,9-11,13-14H,8,12H2,1-3H3,(H-,27,28,29,31,32,36);1H/b5-4+;. The van der Waals surface area contributed by atoms with Gasteiger partial charge >= 0.3 is 5.82 Å². The molecule has 0 saturated carbocycles. The molecule has 204 valence electrons. The maximum Gasteiger partial charge on any atom is 0.390 e. The van der Waals surface area contributed by atoms with Crippen molar-refractivity contribution in [1.29, 1.82) is 0 Å². The zero-order chi connectivity index (χ0) is 27.4. The summed E-state index contributed by atoms with van der Waals surface area (Å²) in [4.78, 5) is 31.4. The third-order valence-corrected chi connectivity index (χ3v) is 6.78. The summed E-state index contributed by atoms with van der Waals surface area (Å²) < 4.78 is 2.73. The highest BCUT2D eigenvalue weighted by atomic mass is 79.9. The number of likely N-dealkylation sites (N-methyl/N-ethyl adjacent to an activating group) is 1. The van der Waals surface area contributed by atoms with Crippen molar-refractivity contribution in [1.82, 2.24) is 24.5 Å². The number of fused-ring (bicyclic) bond motifs is 1. The van der Waals surface area contributed by atoms with Gasteiger partial charge in [-0.1, -0.05) is 11.6 Å². The molecule has 1 aromatic carbocycles. The van der Waals surface area contributed by atoms with Crippen molar-refractivity contribution < 1.29 is 14.5 Å². The number of benzene rings is 1. The van der Waals surface area contributed by atoms with Crippen LogP contribution in [0.25, 0.3) is 10.9 Å². The third-order valence-electron chi connectivity index (χ3n) is 5.56. The number of hydrogen-bond acceptors (Lipinski definition) is 9. The minimum absolute atomic E-state index is 0. The zero-order valence-electron chi connectivity index (χ0n) is 21.1. The van der Waals surface area contributed by atoms with Crippen LogP contribution in [0.15, 0.2) is 64.7 Å². The number of pyridine rings is 1. The molecule has 0 atom stereocenters. The number of rotatable bonds is 9. The van der Waals surface area contributed by atoms with E-state index in [4.69, 9.17) is 11.6 Å². The molecule has 0 bridgehead atoms. The fourth-order valence-electron chi connectivity index (χ4n) is 3.66. The highest BCUT2D eigenvalue weighted by molar-refractivity contribution is 9.10. The highest BCUT2D eigenvalue weighted by Gasteiger charge is 2.26. The van der Waals surface area contributed by atoms with Gasteiger partial charge in [0.1, 0.15) is 18.7 Å². The van der Waals surface area contributed by atoms with Crippen LogP contribution in [0.3, 0.4) is 0 Å². The van der Waals surface area contributed by atoms with Crippen LogP contribution in [0.4, 0.5) is 23.1 Å². The summed E-state index contributed by atoms with van der Waals surface area (Å²) in [5.41, 5.74) is 1.84. The summed E-state index contributed by atoms with van der Waals surface area (Å²) in [6.07, 6.45) is 7.40. The number of aromatic nitrogens is 5. The van der Waals surface area contributed by atoms with Gasteiger partial charge in [0.2, 0.25) is 6.33 Å². The lowest BCUT2D eigenvalue weighted by atomic mass is 10.2. The Bertz CT molecular complexity index is 1570. The number of quaternary nitrogens is 1. The second-order valence-electron chi connectivity index (χ2n) is 9.05. The lowest BCUT2D eigenvalue weighted by Gasteiger charge is -2.28. The number of anilines is 2. The first-order valence-corrected chi connectivity index (χ1v) is 12.4. The Hall–Kier alpha value is -3.46. The number of nitro groups is 1. The van der Waals surface area contributed by atoms with Gasteiger partial charge in [0.25, 0.3) is 0 Å². The van der Waals surface area contributed by atoms with Crippen LogP contribution in [0.2, 0.25) is 5.02 Å². The molecule has 3 heterocycles. The Morgan fingerprint density at radius 1 is 1.26 bits per heavy atom. The largest absolute Gasteiger partial charge is 0.859 e. The average Bonchev–Trinajstić information content (AvgIpc) is 3.21. The van der Waals surface area contributed by atoms with Crippen molar-refractivity contribution in [3.63, 3.8) is 0 Å². The number of halogens is 3. The van der Waals surface area contributed by atoms with Crippen LogP contribution in [-0.2, 0) is 13.6 Å². The normalized spacial score (nSPS) is 12.1. The summed E-state index contributed by atoms with van der Waals surface area (Å²) in [5, 5.41) is 28.2. The number of nitrogens with one attached hydrogen (secondary N) is 1. The SMILES string of the molecule is Br.Cn1cnc([N+](=O)[O-])c1C[N+](C)(C)C/C=C/C([O-])=Nc1cc2c(Nc3ccc(Cl)c(Br)c3)ncnc2cn1. The minimum atomic E-state index is -0.496. The van der Waals surface area contributed by atoms with Crippen LogP contribution in [0.5, 0.6) is 0 Å². The molecule has 0 saturated heterocycles. The van der Waals surface area contributed by atoms with E-state index in [0.29, 0.717) is 45.0 Å². The maximum atomic E-state index is 12.5. The van der Waals surface area contributed by atoms with E-state index in [9.17, 15) is 15.2 Å². The van der Waals surface area contributed by atoms with Gasteiger partial charge in [-0.05, 0) is 68.2 Å². The summed E-state index contributed by atoms with van der Waals surface area (Å²) >= 11 is 9.48. The van der Waals surface area contributed by atoms with E-state index in [2.05, 4.69) is 46.2 Å². The molecule has 12 nitrogen and oxygen atoms in total. The first-order chi connectivity index (χ1) is 18.0. The second-order valence-corrected chi connectivity index (χ2v) is 10.3. The van der Waals surface area contributed by atoms with Gasteiger partial charge in [0, 0.05) is 22.6 Å². The Morgan fingerprint density at radius 3 is 2.74 bits per heavy atom. The minimum Gasteiger partial charge on any atom is -0.859 e. The molecule has 39 heavy (non-hydrogen) atoms. The second kappa shape index (κ2) is 12.6. The Labute approximate surface area is 247 Å². The van der Waals surface area contributed by atoms with Crippen LogP contribution >= 0.6 is 44.5 Å². The van der Waals surface area contributed by atoms with Crippen molar-refractivity contribution in [3.05, 3.63) is 80.6 Å². The van der Waals surface area contributed by atoms with Gasteiger partial charge in [-0.3, -0.25) is 0 Å². The number of imidazole rings is 1. The van der Waals surface area contributed by atoms with Crippen LogP contribution < -0.4 is 10.4 Å². The fourth-order valence-corrected chi connectivity index (χ4v) is 4.15. The lowest BCUT2D eigenvalue weighted by molar-refractivity contribution is -0.898. The monoisotopic (exact) mass is 679 g/mol. The summed E-state index contributed by atoms with van der Waals surface area (Å²) in [6, 6.07) is 7.02. The quantitative estimate of drug-likeness (QED) is 0.0885. The van der Waals surface area contributed by atoms with Gasteiger partial charge in [-0.25, -0.2) is 19.9 Å². The molecule has 0 aliphatic rings. The van der Waals surface area contributed by atoms with Gasteiger partial charge in [-0.15, -0.1) is 17.0 Å². The molecule has 0 radical (unpaired) electrons. The van der Waals surface area contributed by atoms with Gasteiger partial charge in [0.05, 0.1) is 37.4 Å². The van der Waals surface area contributed by atoms with Gasteiger partial charge < -0.3 is 29.6 Å². The molecule has 1 N–H and O–H groups in total. The van der Waals surface area contributed by atoms with Gasteiger partial charge in [0.15, 0.2) is 11.5 Å². The van der Waals surface area contributed by atoms with Crippen molar-refractivity contribution in [2.24, 2.45) is 12.0 Å². The highest BCUT2D eigenvalue weighted by Crippen LogP contribution is 2.29. The number of aliphatic imine (C=N–C) groups is 1. The predicted molar refractivity (Wildman–Crippen MR) is 157 cm³/mol. The van der Waals surface area contributed by atoms with E-state index in [0.717, 1.165) is 10.2 Å². The number of nitrogens with zero attached hydrogens (tertiary/aromatic N) is 8. The van der Waals surface area contributed by atoms with E-state index in [1.54, 1.807) is 29.8 Å². The van der Waals surface area contributed by atoms with E-state index >= 15 is 0 Å². The Balaban J connectivity index is 0.00000420. The fraction of sp³-hybridized carbons (Fsp3) is 0.208. The first-order valence-electron chi connectivity index (χ1n) is 11.2. The molecule has 0 spiro atoms. The predicted octanol–water partition coefficient (Wildman–Crippen LogP) is 4.63. The lowest BCUT2D eigenvalue weighted by Crippen LogP contribution is -2.39. The number of aryl methyl sites for hydroxylation is 1. The Morgan fingerprint density at radius 2 is 2.03 bits per heavy atom. The molecular formula is C24H24Br2ClN9O3. The molecule has 15 heteroatoms. The molecule has 0 unspecified atom stereocenters. The molecular weight excluding hydrogens is 658 g/mol. The van der Waals surface area contributed by atoms with Crippen LogP contribution in [-0.4, -0.2) is 60.4 Å². The van der Waals surface area contributed by atoms with E-state index in [1.807, 2.05) is 26.2 Å². The molecule has 4 rings (SSSR count). The Kier molecular flexibility index (Phi) is 9.72. The van der Waals surface area contributed by atoms with E-state index < -0.39 is 10.8 Å². The van der Waals surface area contributed by atoms with Gasteiger partial charge in [-0.2, -0.15) is 0 Å². The summed E-state index contributed by atoms with van der Waals surface area (Å²) in [7, 11) is 5.52. The van der Waals surface area contributed by atoms with Crippen LogP contribution in [0.1, 0.15) is 5.69 Å². The van der Waals surface area contributed by atoms with Crippen molar-refractivity contribution >= 4 is 84.5 Å². The molecule has 0 aliphatic carbocycles. The summed E-state index contributed by atoms with van der Waals surface area (Å²) in [5.74, 6) is 0.0740. The third kappa shape index (κ3) is 7.56. The maximum absolute atomic E-state index is 12.5. The average molecular weight is 682 g/mol. The van der Waals surface area contributed by atoms with Crippen molar-refractivity contribution in [2.75, 3.05) is 26.0 Å². The smallest absolute Gasteiger partial charge is 0.390 e. The molecule has 4 aromatic rings.